The van der Waals surface area contributed by atoms with Gasteiger partial charge in [-0.3, -0.25) is 4.68 Å². The minimum Gasteiger partial charge on any atom is -0.265 e. The second-order valence-corrected chi connectivity index (χ2v) is 7.18. The molecule has 3 rings (SSSR count). The topological polar surface area (TPSA) is 67.3 Å². The Morgan fingerprint density at radius 2 is 1.30 bits per heavy atom. The summed E-state index contributed by atoms with van der Waals surface area (Å²) in [5, 5.41) is 21.8. The van der Waals surface area contributed by atoms with Gasteiger partial charge in [0.25, 0.3) is 0 Å². The largest absolute Gasteiger partial charge is 0.265 e. The standard InChI is InChI=1S/C21H24N6/c1-5-19-20(15-27(26-19)21(2,3)4)25-24-18-13-11-17(12-14-18)23-22-16-9-7-6-8-10-16/h6-15H,5H2,1-4H3. The summed E-state index contributed by atoms with van der Waals surface area (Å²) in [5.74, 6) is 0. The zero-order valence-electron chi connectivity index (χ0n) is 16.2. The van der Waals surface area contributed by atoms with Crippen molar-refractivity contribution in [3.8, 4) is 0 Å². The van der Waals surface area contributed by atoms with Crippen LogP contribution in [0, 0.1) is 0 Å². The van der Waals surface area contributed by atoms with Crippen LogP contribution in [-0.2, 0) is 12.0 Å². The normalized spacial score (nSPS) is 12.3. The Morgan fingerprint density at radius 1 is 0.778 bits per heavy atom. The SMILES string of the molecule is CCc1nn(C(C)(C)C)cc1N=Nc1ccc(N=Nc2ccccc2)cc1. The van der Waals surface area contributed by atoms with E-state index in [9.17, 15) is 0 Å². The molecular formula is C21H24N6. The van der Waals surface area contributed by atoms with E-state index in [2.05, 4.69) is 53.3 Å². The van der Waals surface area contributed by atoms with Gasteiger partial charge in [0.05, 0.1) is 34.5 Å². The summed E-state index contributed by atoms with van der Waals surface area (Å²) in [7, 11) is 0. The van der Waals surface area contributed by atoms with Gasteiger partial charge in [-0.25, -0.2) is 0 Å². The molecular weight excluding hydrogens is 336 g/mol. The van der Waals surface area contributed by atoms with Gasteiger partial charge in [0.2, 0.25) is 0 Å². The lowest BCUT2D eigenvalue weighted by atomic mass is 10.1. The van der Waals surface area contributed by atoms with Crippen LogP contribution in [-0.4, -0.2) is 9.78 Å². The van der Waals surface area contributed by atoms with Crippen LogP contribution in [0.2, 0.25) is 0 Å². The van der Waals surface area contributed by atoms with Gasteiger partial charge >= 0.3 is 0 Å². The molecule has 0 amide bonds. The molecule has 0 aliphatic rings. The fourth-order valence-corrected chi connectivity index (χ4v) is 2.39. The number of hydrogen-bond donors (Lipinski definition) is 0. The first-order valence-electron chi connectivity index (χ1n) is 9.03. The van der Waals surface area contributed by atoms with Crippen molar-refractivity contribution < 1.29 is 0 Å². The maximum Gasteiger partial charge on any atom is 0.127 e. The van der Waals surface area contributed by atoms with E-state index in [1.807, 2.05) is 65.5 Å². The minimum absolute atomic E-state index is 0.0803. The molecule has 2 aromatic carbocycles. The van der Waals surface area contributed by atoms with E-state index in [1.54, 1.807) is 0 Å². The van der Waals surface area contributed by atoms with Crippen LogP contribution < -0.4 is 0 Å². The van der Waals surface area contributed by atoms with E-state index in [0.717, 1.165) is 34.9 Å². The molecule has 0 atom stereocenters. The van der Waals surface area contributed by atoms with E-state index in [1.165, 1.54) is 0 Å². The first-order valence-corrected chi connectivity index (χ1v) is 9.03. The van der Waals surface area contributed by atoms with Crippen molar-refractivity contribution in [3.05, 3.63) is 66.5 Å². The molecule has 3 aromatic rings. The van der Waals surface area contributed by atoms with Crippen LogP contribution in [0.1, 0.15) is 33.4 Å². The number of aryl methyl sites for hydroxylation is 1. The van der Waals surface area contributed by atoms with Gasteiger partial charge in [0.15, 0.2) is 0 Å². The molecule has 1 aromatic heterocycles. The van der Waals surface area contributed by atoms with Crippen LogP contribution in [0.15, 0.2) is 81.3 Å². The highest BCUT2D eigenvalue weighted by molar-refractivity contribution is 5.48. The molecule has 0 aliphatic heterocycles. The third-order valence-electron chi connectivity index (χ3n) is 3.95. The van der Waals surface area contributed by atoms with Crippen molar-refractivity contribution in [3.63, 3.8) is 0 Å². The Kier molecular flexibility index (Phi) is 5.54. The maximum absolute atomic E-state index is 4.62. The predicted molar refractivity (Wildman–Crippen MR) is 108 cm³/mol. The summed E-state index contributed by atoms with van der Waals surface area (Å²) >= 11 is 0. The van der Waals surface area contributed by atoms with Crippen molar-refractivity contribution in [2.75, 3.05) is 0 Å². The molecule has 0 saturated heterocycles. The lowest BCUT2D eigenvalue weighted by Gasteiger charge is -2.18. The van der Waals surface area contributed by atoms with Gasteiger partial charge in [0, 0.05) is 0 Å². The van der Waals surface area contributed by atoms with Crippen molar-refractivity contribution >= 4 is 22.7 Å². The quantitative estimate of drug-likeness (QED) is 0.450. The average molecular weight is 360 g/mol. The smallest absolute Gasteiger partial charge is 0.127 e. The third-order valence-corrected chi connectivity index (χ3v) is 3.95. The second-order valence-electron chi connectivity index (χ2n) is 7.18. The Hall–Kier alpha value is -3.15. The number of benzene rings is 2. The Bertz CT molecular complexity index is 931. The highest BCUT2D eigenvalue weighted by Gasteiger charge is 2.17. The zero-order valence-corrected chi connectivity index (χ0v) is 16.2. The lowest BCUT2D eigenvalue weighted by molar-refractivity contribution is 0.353. The monoisotopic (exact) mass is 360 g/mol. The van der Waals surface area contributed by atoms with Crippen molar-refractivity contribution in [2.24, 2.45) is 20.5 Å². The van der Waals surface area contributed by atoms with Gasteiger partial charge in [-0.05, 0) is 63.6 Å². The lowest BCUT2D eigenvalue weighted by Crippen LogP contribution is -2.22. The predicted octanol–water partition coefficient (Wildman–Crippen LogP) is 7.03. The summed E-state index contributed by atoms with van der Waals surface area (Å²) in [6.07, 6.45) is 2.76. The summed E-state index contributed by atoms with van der Waals surface area (Å²) < 4.78 is 1.94. The van der Waals surface area contributed by atoms with Crippen LogP contribution in [0.4, 0.5) is 22.7 Å². The summed E-state index contributed by atoms with van der Waals surface area (Å²) in [6, 6.07) is 17.2. The molecule has 138 valence electrons. The zero-order chi connectivity index (χ0) is 19.3. The first-order chi connectivity index (χ1) is 13.0. The van der Waals surface area contributed by atoms with Gasteiger partial charge in [0.1, 0.15) is 5.69 Å². The van der Waals surface area contributed by atoms with E-state index < -0.39 is 0 Å². The summed E-state index contributed by atoms with van der Waals surface area (Å²) in [4.78, 5) is 0. The molecule has 6 heteroatoms. The van der Waals surface area contributed by atoms with Crippen molar-refractivity contribution in [2.45, 2.75) is 39.7 Å². The molecule has 6 nitrogen and oxygen atoms in total. The number of azo groups is 2. The molecule has 0 N–H and O–H groups in total. The molecule has 0 bridgehead atoms. The molecule has 0 spiro atoms. The number of nitrogens with zero attached hydrogens (tertiary/aromatic N) is 6. The number of rotatable bonds is 5. The Labute approximate surface area is 159 Å². The average Bonchev–Trinajstić information content (AvgIpc) is 3.10. The Balaban J connectivity index is 1.73. The van der Waals surface area contributed by atoms with E-state index in [-0.39, 0.29) is 5.54 Å². The molecule has 0 radical (unpaired) electrons. The third kappa shape index (κ3) is 4.94. The Morgan fingerprint density at radius 3 is 1.81 bits per heavy atom. The van der Waals surface area contributed by atoms with Gasteiger partial charge in [-0.2, -0.15) is 20.4 Å². The molecule has 0 saturated carbocycles. The molecule has 27 heavy (non-hydrogen) atoms. The first kappa shape index (κ1) is 18.6. The summed E-state index contributed by atoms with van der Waals surface area (Å²) in [5.41, 5.74) is 4.03. The van der Waals surface area contributed by atoms with Gasteiger partial charge in [-0.15, -0.1) is 5.11 Å². The van der Waals surface area contributed by atoms with Gasteiger partial charge in [-0.1, -0.05) is 25.1 Å². The molecule has 0 aliphatic carbocycles. The molecule has 0 fully saturated rings. The fraction of sp³-hybridized carbons (Fsp3) is 0.286. The molecule has 1 heterocycles. The maximum atomic E-state index is 4.62. The van der Waals surface area contributed by atoms with E-state index in [0.29, 0.717) is 0 Å². The van der Waals surface area contributed by atoms with Crippen LogP contribution in [0.5, 0.6) is 0 Å². The van der Waals surface area contributed by atoms with Crippen molar-refractivity contribution in [1.82, 2.24) is 9.78 Å². The summed E-state index contributed by atoms with van der Waals surface area (Å²) in [6.45, 7) is 8.41. The van der Waals surface area contributed by atoms with E-state index in [4.69, 9.17) is 0 Å². The van der Waals surface area contributed by atoms with Gasteiger partial charge < -0.3 is 0 Å². The van der Waals surface area contributed by atoms with Crippen LogP contribution in [0.3, 0.4) is 0 Å². The van der Waals surface area contributed by atoms with Crippen LogP contribution >= 0.6 is 0 Å². The van der Waals surface area contributed by atoms with E-state index >= 15 is 0 Å². The fourth-order valence-electron chi connectivity index (χ4n) is 2.39. The highest BCUT2D eigenvalue weighted by atomic mass is 15.3. The minimum atomic E-state index is -0.0803. The second kappa shape index (κ2) is 8.03. The number of aromatic nitrogens is 2. The highest BCUT2D eigenvalue weighted by Crippen LogP contribution is 2.26. The number of hydrogen-bond acceptors (Lipinski definition) is 5. The van der Waals surface area contributed by atoms with Crippen molar-refractivity contribution in [1.29, 1.82) is 0 Å². The van der Waals surface area contributed by atoms with Crippen LogP contribution in [0.25, 0.3) is 0 Å². The molecule has 0 unspecified atom stereocenters.